The summed E-state index contributed by atoms with van der Waals surface area (Å²) in [5.74, 6) is 4.08. The fourth-order valence-electron chi connectivity index (χ4n) is 4.21. The van der Waals surface area contributed by atoms with Crippen LogP contribution in [0.15, 0.2) is 0 Å². The molecule has 3 rings (SSSR count). The van der Waals surface area contributed by atoms with Gasteiger partial charge in [0.1, 0.15) is 0 Å². The summed E-state index contributed by atoms with van der Waals surface area (Å²) in [6.45, 7) is 9.78. The van der Waals surface area contributed by atoms with Crippen molar-refractivity contribution in [1.29, 1.82) is 0 Å². The molecule has 3 fully saturated rings. The Bertz CT molecular complexity index is 172. The predicted octanol–water partition coefficient (Wildman–Crippen LogP) is 3.71. The molecule has 0 amide bonds. The van der Waals surface area contributed by atoms with Crippen LogP contribution in [0.4, 0.5) is 0 Å². The monoisotopic (exact) mass is 166 g/mol. The van der Waals surface area contributed by atoms with Crippen molar-refractivity contribution in [3.05, 3.63) is 0 Å². The van der Waals surface area contributed by atoms with Gasteiger partial charge in [0, 0.05) is 0 Å². The molecule has 0 heterocycles. The molecule has 3 saturated carbocycles. The van der Waals surface area contributed by atoms with Gasteiger partial charge in [0.15, 0.2) is 0 Å². The maximum absolute atomic E-state index is 2.48. The first kappa shape index (κ1) is 8.59. The van der Waals surface area contributed by atoms with Crippen molar-refractivity contribution >= 4 is 0 Å². The molecule has 0 radical (unpaired) electrons. The molecule has 0 aliphatic heterocycles. The summed E-state index contributed by atoms with van der Waals surface area (Å²) in [6, 6.07) is 0. The zero-order valence-electron chi connectivity index (χ0n) is 8.93. The second kappa shape index (κ2) is 2.49. The normalized spacial score (nSPS) is 44.2. The summed E-state index contributed by atoms with van der Waals surface area (Å²) in [4.78, 5) is 0. The molecule has 1 unspecified atom stereocenters. The lowest BCUT2D eigenvalue weighted by Gasteiger charge is -2.57. The van der Waals surface area contributed by atoms with Crippen LogP contribution in [0.2, 0.25) is 0 Å². The van der Waals surface area contributed by atoms with Gasteiger partial charge in [0.2, 0.25) is 0 Å². The molecule has 0 aromatic heterocycles. The highest BCUT2D eigenvalue weighted by atomic mass is 14.5. The number of hydrogen-bond acceptors (Lipinski definition) is 0. The third kappa shape index (κ3) is 1.11. The minimum absolute atomic E-state index is 0.639. The molecule has 0 spiro atoms. The fraction of sp³-hybridized carbons (Fsp3) is 1.00. The van der Waals surface area contributed by atoms with Crippen LogP contribution < -0.4 is 0 Å². The molecule has 70 valence electrons. The molecule has 0 saturated heterocycles. The maximum atomic E-state index is 2.48. The lowest BCUT2D eigenvalue weighted by atomic mass is 9.48. The second-order valence-corrected chi connectivity index (χ2v) is 6.06. The Labute approximate surface area is 76.7 Å². The van der Waals surface area contributed by atoms with Crippen LogP contribution in [0.1, 0.15) is 47.0 Å². The number of fused-ring (bicyclic) bond motifs is 2. The number of hydrogen-bond donors (Lipinski definition) is 0. The average molecular weight is 166 g/mol. The van der Waals surface area contributed by atoms with Gasteiger partial charge in [-0.15, -0.1) is 0 Å². The zero-order valence-corrected chi connectivity index (χ0v) is 8.93. The van der Waals surface area contributed by atoms with E-state index < -0.39 is 0 Å². The van der Waals surface area contributed by atoms with E-state index >= 15 is 0 Å². The Morgan fingerprint density at radius 2 is 1.75 bits per heavy atom. The Morgan fingerprint density at radius 1 is 1.17 bits per heavy atom. The van der Waals surface area contributed by atoms with Crippen molar-refractivity contribution in [2.75, 3.05) is 0 Å². The maximum Gasteiger partial charge on any atom is -0.0311 e. The van der Waals surface area contributed by atoms with Crippen molar-refractivity contribution in [2.24, 2.45) is 29.1 Å². The van der Waals surface area contributed by atoms with Crippen LogP contribution in [0.5, 0.6) is 0 Å². The smallest absolute Gasteiger partial charge is 0.0311 e. The topological polar surface area (TPSA) is 0 Å². The molecule has 0 heteroatoms. The van der Waals surface area contributed by atoms with Gasteiger partial charge in [0.05, 0.1) is 0 Å². The van der Waals surface area contributed by atoms with E-state index in [2.05, 4.69) is 27.7 Å². The van der Waals surface area contributed by atoms with Crippen LogP contribution in [-0.4, -0.2) is 0 Å². The molecule has 0 aromatic carbocycles. The first-order valence-corrected chi connectivity index (χ1v) is 5.50. The van der Waals surface area contributed by atoms with Crippen LogP contribution in [0.3, 0.4) is 0 Å². The quantitative estimate of drug-likeness (QED) is 0.557. The van der Waals surface area contributed by atoms with Crippen molar-refractivity contribution < 1.29 is 0 Å². The van der Waals surface area contributed by atoms with E-state index in [9.17, 15) is 0 Å². The van der Waals surface area contributed by atoms with Gasteiger partial charge in [-0.25, -0.2) is 0 Å². The third-order valence-electron chi connectivity index (χ3n) is 4.22. The van der Waals surface area contributed by atoms with Gasteiger partial charge in [0.25, 0.3) is 0 Å². The molecule has 1 atom stereocenters. The molecule has 12 heavy (non-hydrogen) atoms. The van der Waals surface area contributed by atoms with Gasteiger partial charge in [-0.05, 0) is 48.3 Å². The van der Waals surface area contributed by atoms with Crippen molar-refractivity contribution in [3.63, 3.8) is 0 Å². The predicted molar refractivity (Wildman–Crippen MR) is 52.9 cm³/mol. The van der Waals surface area contributed by atoms with E-state index in [0.29, 0.717) is 5.41 Å². The molecular weight excluding hydrogens is 144 g/mol. The van der Waals surface area contributed by atoms with Crippen LogP contribution in [-0.2, 0) is 0 Å². The molecule has 0 nitrogen and oxygen atoms in total. The van der Waals surface area contributed by atoms with E-state index in [-0.39, 0.29) is 0 Å². The first-order chi connectivity index (χ1) is 5.50. The molecule has 3 aliphatic carbocycles. The van der Waals surface area contributed by atoms with Gasteiger partial charge >= 0.3 is 0 Å². The molecule has 0 aromatic rings. The van der Waals surface area contributed by atoms with Crippen LogP contribution in [0, 0.1) is 29.1 Å². The summed E-state index contributed by atoms with van der Waals surface area (Å²) in [6.07, 6.45) is 4.59. The van der Waals surface area contributed by atoms with Gasteiger partial charge in [-0.2, -0.15) is 0 Å². The minimum atomic E-state index is 0.639. The Balaban J connectivity index is 2.15. The lowest BCUT2D eigenvalue weighted by molar-refractivity contribution is -0.0739. The van der Waals surface area contributed by atoms with Crippen LogP contribution >= 0.6 is 0 Å². The lowest BCUT2D eigenvalue weighted by Crippen LogP contribution is -2.48. The fourth-order valence-corrected chi connectivity index (χ4v) is 4.21. The van der Waals surface area contributed by atoms with Crippen molar-refractivity contribution in [2.45, 2.75) is 47.0 Å². The van der Waals surface area contributed by atoms with E-state index in [4.69, 9.17) is 0 Å². The van der Waals surface area contributed by atoms with E-state index in [1.807, 2.05) is 0 Å². The summed E-state index contributed by atoms with van der Waals surface area (Å²) >= 11 is 0. The zero-order chi connectivity index (χ0) is 8.93. The minimum Gasteiger partial charge on any atom is -0.0625 e. The number of rotatable bonds is 1. The molecule has 0 N–H and O–H groups in total. The van der Waals surface area contributed by atoms with E-state index in [1.165, 1.54) is 6.42 Å². The Kier molecular flexibility index (Phi) is 1.79. The average Bonchev–Trinajstić information content (AvgIpc) is 1.80. The summed E-state index contributed by atoms with van der Waals surface area (Å²) in [5, 5.41) is 0. The van der Waals surface area contributed by atoms with Gasteiger partial charge < -0.3 is 0 Å². The highest BCUT2D eigenvalue weighted by molar-refractivity contribution is 4.99. The first-order valence-electron chi connectivity index (χ1n) is 5.50. The van der Waals surface area contributed by atoms with E-state index in [1.54, 1.807) is 12.8 Å². The van der Waals surface area contributed by atoms with Gasteiger partial charge in [-0.1, -0.05) is 27.7 Å². The van der Waals surface area contributed by atoms with Crippen molar-refractivity contribution in [3.8, 4) is 0 Å². The second-order valence-electron chi connectivity index (χ2n) is 6.06. The summed E-state index contributed by atoms with van der Waals surface area (Å²) < 4.78 is 0. The summed E-state index contributed by atoms with van der Waals surface area (Å²) in [7, 11) is 0. The molecule has 2 bridgehead atoms. The highest BCUT2D eigenvalue weighted by Crippen LogP contribution is 2.59. The van der Waals surface area contributed by atoms with E-state index in [0.717, 1.165) is 23.7 Å². The largest absolute Gasteiger partial charge is 0.0625 e. The molecule has 3 aliphatic rings. The Hall–Kier alpha value is 0. The van der Waals surface area contributed by atoms with Crippen LogP contribution in [0.25, 0.3) is 0 Å². The highest BCUT2D eigenvalue weighted by Gasteiger charge is 2.50. The molecular formula is C12H22. The SMILES string of the molecule is CC(C)C1C2CC(C2)CC1(C)C. The van der Waals surface area contributed by atoms with Crippen molar-refractivity contribution in [1.82, 2.24) is 0 Å². The Morgan fingerprint density at radius 3 is 2.08 bits per heavy atom. The van der Waals surface area contributed by atoms with Gasteiger partial charge in [-0.3, -0.25) is 0 Å². The summed E-state index contributed by atoms with van der Waals surface area (Å²) in [5.41, 5.74) is 0.639. The standard InChI is InChI=1S/C12H22/c1-8(2)11-10-5-9(6-10)7-12(11,3)4/h8-11H,5-7H2,1-4H3. The third-order valence-corrected chi connectivity index (χ3v) is 4.22.